The van der Waals surface area contributed by atoms with Crippen molar-refractivity contribution in [1.82, 2.24) is 4.90 Å². The summed E-state index contributed by atoms with van der Waals surface area (Å²) < 4.78 is 0.767. The van der Waals surface area contributed by atoms with Crippen LogP contribution in [0.25, 0.3) is 0 Å². The molecule has 134 valence electrons. The molecule has 7 heteroatoms. The predicted octanol–water partition coefficient (Wildman–Crippen LogP) is 2.94. The van der Waals surface area contributed by atoms with Crippen LogP contribution in [0.4, 0.5) is 5.69 Å². The van der Waals surface area contributed by atoms with Gasteiger partial charge in [0.05, 0.1) is 11.7 Å². The van der Waals surface area contributed by atoms with Gasteiger partial charge in [0.2, 0.25) is 5.91 Å². The third-order valence-corrected chi connectivity index (χ3v) is 5.49. The van der Waals surface area contributed by atoms with Crippen LogP contribution in [0, 0.1) is 12.8 Å². The molecule has 2 aromatic carbocycles. The van der Waals surface area contributed by atoms with Gasteiger partial charge in [-0.15, -0.1) is 0 Å². The Morgan fingerprint density at radius 2 is 1.85 bits per heavy atom. The van der Waals surface area contributed by atoms with E-state index in [-0.39, 0.29) is 17.6 Å². The van der Waals surface area contributed by atoms with Crippen molar-refractivity contribution < 1.29 is 19.5 Å². The van der Waals surface area contributed by atoms with Crippen molar-refractivity contribution in [2.75, 3.05) is 12.1 Å². The molecule has 2 aliphatic heterocycles. The summed E-state index contributed by atoms with van der Waals surface area (Å²) in [4.78, 5) is 32.3. The fourth-order valence-electron chi connectivity index (χ4n) is 3.65. The number of phenols is 1. The van der Waals surface area contributed by atoms with Crippen LogP contribution in [0.15, 0.2) is 46.9 Å². The van der Waals surface area contributed by atoms with Gasteiger partial charge in [-0.05, 0) is 36.8 Å². The van der Waals surface area contributed by atoms with E-state index < -0.39 is 18.1 Å². The number of anilines is 1. The molecule has 2 aromatic rings. The predicted molar refractivity (Wildman–Crippen MR) is 98.3 cm³/mol. The number of imide groups is 1. The van der Waals surface area contributed by atoms with Gasteiger partial charge in [-0.3, -0.25) is 19.3 Å². The van der Waals surface area contributed by atoms with Crippen LogP contribution in [0.2, 0.25) is 0 Å². The Bertz CT molecular complexity index is 916. The smallest absolute Gasteiger partial charge is 0.261 e. The number of aryl methyl sites for hydroxylation is 1. The average Bonchev–Trinajstić information content (AvgIpc) is 3.10. The van der Waals surface area contributed by atoms with Crippen LogP contribution in [0.3, 0.4) is 0 Å². The third-order valence-electron chi connectivity index (χ3n) is 5.00. The van der Waals surface area contributed by atoms with Gasteiger partial charge in [-0.25, -0.2) is 5.06 Å². The van der Waals surface area contributed by atoms with E-state index in [9.17, 15) is 14.7 Å². The lowest BCUT2D eigenvalue weighted by atomic mass is 9.90. The number of likely N-dealkylation sites (tertiary alicyclic amines) is 1. The van der Waals surface area contributed by atoms with E-state index in [0.29, 0.717) is 5.56 Å². The molecule has 0 radical (unpaired) electrons. The molecule has 1 N–H and O–H groups in total. The molecular weight excluding hydrogens is 400 g/mol. The van der Waals surface area contributed by atoms with Gasteiger partial charge in [-0.1, -0.05) is 34.1 Å². The van der Waals surface area contributed by atoms with Crippen molar-refractivity contribution in [2.24, 2.45) is 5.92 Å². The summed E-state index contributed by atoms with van der Waals surface area (Å²) in [6.45, 7) is 1.93. The summed E-state index contributed by atoms with van der Waals surface area (Å²) >= 11 is 3.41. The highest BCUT2D eigenvalue weighted by Crippen LogP contribution is 2.49. The lowest BCUT2D eigenvalue weighted by Gasteiger charge is -2.29. The zero-order chi connectivity index (χ0) is 18.6. The summed E-state index contributed by atoms with van der Waals surface area (Å²) in [7, 11) is 1.46. The summed E-state index contributed by atoms with van der Waals surface area (Å²) in [5.74, 6) is -1.33. The molecule has 3 unspecified atom stereocenters. The Morgan fingerprint density at radius 1 is 1.12 bits per heavy atom. The highest BCUT2D eigenvalue weighted by molar-refractivity contribution is 9.10. The zero-order valence-electron chi connectivity index (χ0n) is 14.2. The number of benzene rings is 2. The first-order valence-electron chi connectivity index (χ1n) is 8.21. The number of carbonyl (C=O) groups is 2. The van der Waals surface area contributed by atoms with Crippen LogP contribution >= 0.6 is 15.9 Å². The first-order valence-corrected chi connectivity index (χ1v) is 9.01. The molecule has 26 heavy (non-hydrogen) atoms. The number of phenolic OH excluding ortho intramolecular Hbond substituents is 1. The van der Waals surface area contributed by atoms with Gasteiger partial charge in [0.15, 0.2) is 6.10 Å². The van der Waals surface area contributed by atoms with E-state index in [0.717, 1.165) is 20.6 Å². The lowest BCUT2D eigenvalue weighted by molar-refractivity contribution is -0.141. The molecule has 2 heterocycles. The van der Waals surface area contributed by atoms with Crippen LogP contribution in [-0.4, -0.2) is 35.0 Å². The number of halogens is 1. The number of amides is 2. The standard InChI is InChI=1S/C19H17BrN2O4/c1-10-5-3-4-6-13(10)22-16(12-9-11(20)7-8-14(12)23)15-17(26-22)19(25)21(2)18(15)24/h3-9,15-17,23H,1-2H3. The van der Waals surface area contributed by atoms with Crippen molar-refractivity contribution in [3.8, 4) is 5.75 Å². The summed E-state index contributed by atoms with van der Waals surface area (Å²) in [5, 5.41) is 12.0. The Labute approximate surface area is 159 Å². The number of para-hydroxylation sites is 1. The largest absolute Gasteiger partial charge is 0.508 e. The fraction of sp³-hybridized carbons (Fsp3) is 0.263. The molecule has 4 rings (SSSR count). The minimum atomic E-state index is -0.893. The second kappa shape index (κ2) is 6.10. The minimum absolute atomic E-state index is 0.0517. The lowest BCUT2D eigenvalue weighted by Crippen LogP contribution is -2.35. The molecule has 3 atom stereocenters. The molecule has 0 aromatic heterocycles. The van der Waals surface area contributed by atoms with Gasteiger partial charge in [0.1, 0.15) is 11.7 Å². The maximum atomic E-state index is 12.7. The monoisotopic (exact) mass is 416 g/mol. The van der Waals surface area contributed by atoms with Crippen LogP contribution < -0.4 is 5.06 Å². The Hall–Kier alpha value is -2.38. The molecule has 0 saturated carbocycles. The molecule has 2 aliphatic rings. The van der Waals surface area contributed by atoms with E-state index >= 15 is 0 Å². The Kier molecular flexibility index (Phi) is 4.00. The number of rotatable bonds is 2. The normalized spacial score (nSPS) is 25.1. The second-order valence-electron chi connectivity index (χ2n) is 6.55. The summed E-state index contributed by atoms with van der Waals surface area (Å²) in [6, 6.07) is 12.0. The number of nitrogens with zero attached hydrogens (tertiary/aromatic N) is 2. The maximum Gasteiger partial charge on any atom is 0.261 e. The molecule has 2 amide bonds. The molecule has 2 saturated heterocycles. The van der Waals surface area contributed by atoms with E-state index in [2.05, 4.69) is 15.9 Å². The number of carbonyl (C=O) groups excluding carboxylic acids is 2. The molecule has 0 aliphatic carbocycles. The molecule has 6 nitrogen and oxygen atoms in total. The average molecular weight is 417 g/mol. The first kappa shape index (κ1) is 17.1. The van der Waals surface area contributed by atoms with Crippen LogP contribution in [0.5, 0.6) is 5.75 Å². The molecule has 0 spiro atoms. The van der Waals surface area contributed by atoms with Crippen molar-refractivity contribution in [3.05, 3.63) is 58.1 Å². The van der Waals surface area contributed by atoms with Gasteiger partial charge in [-0.2, -0.15) is 0 Å². The number of hydroxylamine groups is 1. The third kappa shape index (κ3) is 2.42. The van der Waals surface area contributed by atoms with E-state index in [1.54, 1.807) is 23.3 Å². The van der Waals surface area contributed by atoms with E-state index in [1.165, 1.54) is 7.05 Å². The molecular formula is C19H17BrN2O4. The Morgan fingerprint density at radius 3 is 2.58 bits per heavy atom. The number of hydrogen-bond donors (Lipinski definition) is 1. The Balaban J connectivity index is 1.89. The minimum Gasteiger partial charge on any atom is -0.508 e. The number of likely N-dealkylation sites (N-methyl/N-ethyl adjacent to an activating group) is 1. The van der Waals surface area contributed by atoms with Crippen molar-refractivity contribution in [3.63, 3.8) is 0 Å². The van der Waals surface area contributed by atoms with Crippen molar-refractivity contribution >= 4 is 33.4 Å². The van der Waals surface area contributed by atoms with Gasteiger partial charge in [0.25, 0.3) is 5.91 Å². The second-order valence-corrected chi connectivity index (χ2v) is 7.46. The highest BCUT2D eigenvalue weighted by Gasteiger charge is 2.59. The van der Waals surface area contributed by atoms with Crippen LogP contribution in [-0.2, 0) is 14.4 Å². The quantitative estimate of drug-likeness (QED) is 0.762. The summed E-state index contributed by atoms with van der Waals surface area (Å²) in [5.41, 5.74) is 2.24. The van der Waals surface area contributed by atoms with E-state index in [4.69, 9.17) is 4.84 Å². The first-order chi connectivity index (χ1) is 12.4. The highest BCUT2D eigenvalue weighted by atomic mass is 79.9. The van der Waals surface area contributed by atoms with Gasteiger partial charge < -0.3 is 5.11 Å². The molecule has 0 bridgehead atoms. The molecule has 2 fully saturated rings. The SMILES string of the molecule is Cc1ccccc1N1OC2C(=O)N(C)C(=O)C2C1c1cc(Br)ccc1O. The zero-order valence-corrected chi connectivity index (χ0v) is 15.8. The summed E-state index contributed by atoms with van der Waals surface area (Å²) in [6.07, 6.45) is -0.893. The maximum absolute atomic E-state index is 12.7. The van der Waals surface area contributed by atoms with Crippen molar-refractivity contribution in [2.45, 2.75) is 19.1 Å². The van der Waals surface area contributed by atoms with E-state index in [1.807, 2.05) is 31.2 Å². The van der Waals surface area contributed by atoms with Gasteiger partial charge in [0, 0.05) is 17.1 Å². The van der Waals surface area contributed by atoms with Crippen LogP contribution in [0.1, 0.15) is 17.2 Å². The number of fused-ring (bicyclic) bond motifs is 1. The van der Waals surface area contributed by atoms with Crippen molar-refractivity contribution in [1.29, 1.82) is 0 Å². The topological polar surface area (TPSA) is 70.1 Å². The van der Waals surface area contributed by atoms with Gasteiger partial charge >= 0.3 is 0 Å². The number of aromatic hydroxyl groups is 1. The fourth-order valence-corrected chi connectivity index (χ4v) is 4.03. The number of hydrogen-bond acceptors (Lipinski definition) is 5.